The topological polar surface area (TPSA) is 59.6 Å². The van der Waals surface area contributed by atoms with Crippen LogP contribution < -0.4 is 19.5 Å². The second-order valence-electron chi connectivity index (χ2n) is 6.00. The molecule has 3 aromatic carbocycles. The molecule has 0 aromatic heterocycles. The zero-order valence-electron chi connectivity index (χ0n) is 16.0. The quantitative estimate of drug-likeness (QED) is 0.388. The maximum atomic E-state index is 14.2. The molecule has 156 valence electrons. The number of benzene rings is 3. The Balaban J connectivity index is 1.75. The highest BCUT2D eigenvalue weighted by Crippen LogP contribution is 2.36. The van der Waals surface area contributed by atoms with Crippen molar-refractivity contribution in [3.05, 3.63) is 76.0 Å². The second-order valence-corrected chi connectivity index (χ2v) is 7.70. The Hall–Kier alpha value is -2.61. The molecule has 0 aliphatic heterocycles. The molecule has 0 aliphatic rings. The predicted octanol–water partition coefficient (Wildman–Crippen LogP) is 6.52. The zero-order chi connectivity index (χ0) is 21.7. The average molecular weight is 467 g/mol. The lowest BCUT2D eigenvalue weighted by Gasteiger charge is -2.13. The summed E-state index contributed by atoms with van der Waals surface area (Å²) < 4.78 is 27.6. The van der Waals surface area contributed by atoms with Crippen LogP contribution in [0.15, 0.2) is 59.5 Å². The number of methoxy groups -OCH3 is 2. The molecule has 0 bridgehead atoms. The normalized spacial score (nSPS) is 10.4. The van der Waals surface area contributed by atoms with Crippen molar-refractivity contribution in [1.82, 2.24) is 0 Å². The standard InChI is InChI=1S/C21H17Cl2FN2O3S/c1-28-18-10-12(9-16(23)20(18)29-2)21(27)25-15-7-8-17(24)19(11-15)30-26-14-5-3-13(22)4-6-14/h3-11,26H,1-2H3,(H,25,27). The molecule has 5 nitrogen and oxygen atoms in total. The molecule has 0 radical (unpaired) electrons. The van der Waals surface area contributed by atoms with Gasteiger partial charge in [0, 0.05) is 22.0 Å². The van der Waals surface area contributed by atoms with E-state index >= 15 is 0 Å². The molecule has 0 heterocycles. The Morgan fingerprint density at radius 1 is 0.967 bits per heavy atom. The minimum atomic E-state index is -0.425. The number of ether oxygens (including phenoxy) is 2. The lowest BCUT2D eigenvalue weighted by Crippen LogP contribution is -2.12. The highest BCUT2D eigenvalue weighted by molar-refractivity contribution is 8.00. The SMILES string of the molecule is COc1cc(C(=O)Nc2ccc(F)c(SNc3ccc(Cl)cc3)c2)cc(Cl)c1OC. The number of amides is 1. The largest absolute Gasteiger partial charge is 0.493 e. The van der Waals surface area contributed by atoms with Gasteiger partial charge in [0.05, 0.1) is 24.1 Å². The van der Waals surface area contributed by atoms with Gasteiger partial charge in [-0.25, -0.2) is 4.39 Å². The lowest BCUT2D eigenvalue weighted by molar-refractivity contribution is 0.102. The maximum Gasteiger partial charge on any atom is 0.255 e. The van der Waals surface area contributed by atoms with E-state index in [0.717, 1.165) is 17.6 Å². The molecule has 1 amide bonds. The molecule has 0 saturated heterocycles. The molecule has 3 rings (SSSR count). The van der Waals surface area contributed by atoms with Gasteiger partial charge >= 0.3 is 0 Å². The van der Waals surface area contributed by atoms with E-state index in [2.05, 4.69) is 10.0 Å². The second kappa shape index (κ2) is 9.93. The van der Waals surface area contributed by atoms with Crippen molar-refractivity contribution in [2.75, 3.05) is 24.3 Å². The van der Waals surface area contributed by atoms with Crippen LogP contribution in [-0.4, -0.2) is 20.1 Å². The minimum Gasteiger partial charge on any atom is -0.493 e. The number of anilines is 2. The molecule has 0 aliphatic carbocycles. The average Bonchev–Trinajstić information content (AvgIpc) is 2.74. The van der Waals surface area contributed by atoms with Gasteiger partial charge in [-0.15, -0.1) is 0 Å². The third kappa shape index (κ3) is 5.30. The van der Waals surface area contributed by atoms with Gasteiger partial charge < -0.3 is 19.5 Å². The molecule has 0 atom stereocenters. The van der Waals surface area contributed by atoms with Crippen LogP contribution in [0.1, 0.15) is 10.4 Å². The summed E-state index contributed by atoms with van der Waals surface area (Å²) >= 11 is 13.1. The smallest absolute Gasteiger partial charge is 0.255 e. The van der Waals surface area contributed by atoms with Gasteiger partial charge in [-0.05, 0) is 66.5 Å². The monoisotopic (exact) mass is 466 g/mol. The Labute approximate surface area is 187 Å². The van der Waals surface area contributed by atoms with Gasteiger partial charge in [0.1, 0.15) is 5.82 Å². The summed E-state index contributed by atoms with van der Waals surface area (Å²) in [6.45, 7) is 0. The third-order valence-corrected chi connectivity index (χ3v) is 5.41. The number of carbonyl (C=O) groups is 1. The maximum absolute atomic E-state index is 14.2. The first-order valence-corrected chi connectivity index (χ1v) is 10.2. The fraction of sp³-hybridized carbons (Fsp3) is 0.0952. The molecule has 0 fully saturated rings. The van der Waals surface area contributed by atoms with E-state index in [4.69, 9.17) is 32.7 Å². The van der Waals surface area contributed by atoms with E-state index in [0.29, 0.717) is 27.1 Å². The predicted molar refractivity (Wildman–Crippen MR) is 120 cm³/mol. The van der Waals surface area contributed by atoms with Crippen LogP contribution in [-0.2, 0) is 0 Å². The minimum absolute atomic E-state index is 0.240. The number of carbonyl (C=O) groups excluding carboxylic acids is 1. The number of hydrogen-bond donors (Lipinski definition) is 2. The Morgan fingerprint density at radius 2 is 1.67 bits per heavy atom. The Morgan fingerprint density at radius 3 is 2.33 bits per heavy atom. The molecule has 30 heavy (non-hydrogen) atoms. The molecule has 3 aromatic rings. The van der Waals surface area contributed by atoms with E-state index in [1.807, 2.05) is 0 Å². The van der Waals surface area contributed by atoms with Crippen LogP contribution in [0.2, 0.25) is 10.0 Å². The molecule has 9 heteroatoms. The van der Waals surface area contributed by atoms with Crippen LogP contribution >= 0.6 is 35.1 Å². The van der Waals surface area contributed by atoms with E-state index in [9.17, 15) is 9.18 Å². The first-order valence-electron chi connectivity index (χ1n) is 8.62. The van der Waals surface area contributed by atoms with Gasteiger partial charge in [-0.3, -0.25) is 4.79 Å². The summed E-state index contributed by atoms with van der Waals surface area (Å²) in [6, 6.07) is 14.3. The van der Waals surface area contributed by atoms with Gasteiger partial charge in [0.15, 0.2) is 11.5 Å². The Bertz CT molecular complexity index is 1060. The summed E-state index contributed by atoms with van der Waals surface area (Å²) in [5.74, 6) is -0.179. The number of nitrogens with one attached hydrogen (secondary N) is 2. The lowest BCUT2D eigenvalue weighted by atomic mass is 10.1. The fourth-order valence-electron chi connectivity index (χ4n) is 2.54. The molecule has 0 saturated carbocycles. The van der Waals surface area contributed by atoms with Gasteiger partial charge in [-0.1, -0.05) is 23.2 Å². The summed E-state index contributed by atoms with van der Waals surface area (Å²) in [5.41, 5.74) is 1.46. The molecule has 0 spiro atoms. The molecular formula is C21H17Cl2FN2O3S. The van der Waals surface area contributed by atoms with Crippen molar-refractivity contribution in [1.29, 1.82) is 0 Å². The summed E-state index contributed by atoms with van der Waals surface area (Å²) in [5, 5.41) is 3.58. The fourth-order valence-corrected chi connectivity index (χ4v) is 3.67. The van der Waals surface area contributed by atoms with Crippen LogP contribution in [0, 0.1) is 5.82 Å². The van der Waals surface area contributed by atoms with Crippen molar-refractivity contribution in [3.63, 3.8) is 0 Å². The van der Waals surface area contributed by atoms with E-state index < -0.39 is 11.7 Å². The van der Waals surface area contributed by atoms with E-state index in [-0.39, 0.29) is 10.6 Å². The Kier molecular flexibility index (Phi) is 7.31. The van der Waals surface area contributed by atoms with Crippen molar-refractivity contribution in [3.8, 4) is 11.5 Å². The first kappa shape index (κ1) is 22.1. The van der Waals surface area contributed by atoms with Crippen molar-refractivity contribution in [2.45, 2.75) is 4.90 Å². The molecular weight excluding hydrogens is 450 g/mol. The summed E-state index contributed by atoms with van der Waals surface area (Å²) in [7, 11) is 2.91. The zero-order valence-corrected chi connectivity index (χ0v) is 18.3. The van der Waals surface area contributed by atoms with Gasteiger partial charge in [0.2, 0.25) is 0 Å². The number of halogens is 3. The van der Waals surface area contributed by atoms with E-state index in [1.165, 1.54) is 44.6 Å². The first-order chi connectivity index (χ1) is 14.4. The number of rotatable bonds is 7. The van der Waals surface area contributed by atoms with Gasteiger partial charge in [-0.2, -0.15) is 0 Å². The van der Waals surface area contributed by atoms with Crippen LogP contribution in [0.3, 0.4) is 0 Å². The van der Waals surface area contributed by atoms with Crippen LogP contribution in [0.25, 0.3) is 0 Å². The van der Waals surface area contributed by atoms with Crippen molar-refractivity contribution < 1.29 is 18.7 Å². The van der Waals surface area contributed by atoms with Crippen molar-refractivity contribution in [2.24, 2.45) is 0 Å². The van der Waals surface area contributed by atoms with Crippen LogP contribution in [0.4, 0.5) is 15.8 Å². The highest BCUT2D eigenvalue weighted by atomic mass is 35.5. The molecule has 0 unspecified atom stereocenters. The van der Waals surface area contributed by atoms with Crippen LogP contribution in [0.5, 0.6) is 11.5 Å². The van der Waals surface area contributed by atoms with E-state index in [1.54, 1.807) is 24.3 Å². The van der Waals surface area contributed by atoms with Gasteiger partial charge in [0.25, 0.3) is 5.91 Å². The van der Waals surface area contributed by atoms with Crippen molar-refractivity contribution >= 4 is 52.4 Å². The summed E-state index contributed by atoms with van der Waals surface area (Å²) in [4.78, 5) is 13.0. The summed E-state index contributed by atoms with van der Waals surface area (Å²) in [6.07, 6.45) is 0. The molecule has 2 N–H and O–H groups in total. The number of hydrogen-bond acceptors (Lipinski definition) is 5. The third-order valence-electron chi connectivity index (χ3n) is 4.01. The highest BCUT2D eigenvalue weighted by Gasteiger charge is 2.16.